The highest BCUT2D eigenvalue weighted by Gasteiger charge is 2.03. The fraction of sp³-hybridized carbons (Fsp3) is 0. The Bertz CT molecular complexity index is 228. The number of aromatic nitrogens is 1. The summed E-state index contributed by atoms with van der Waals surface area (Å²) in [6.45, 7) is 0. The van der Waals surface area contributed by atoms with Crippen LogP contribution in [0.3, 0.4) is 0 Å². The standard InChI is InChI=1S/C6H8N3S/c7-6(8)10-5-3-1-2-4-9-5/h1-4H,7-8H2/q+1. The van der Waals surface area contributed by atoms with Crippen LogP contribution in [0.5, 0.6) is 0 Å². The van der Waals surface area contributed by atoms with Crippen molar-refractivity contribution in [2.24, 2.45) is 11.5 Å². The lowest BCUT2D eigenvalue weighted by molar-refractivity contribution is 1.14. The lowest BCUT2D eigenvalue weighted by atomic mass is 10.5. The lowest BCUT2D eigenvalue weighted by Crippen LogP contribution is -2.23. The molecule has 0 spiro atoms. The Morgan fingerprint density at radius 2 is 2.20 bits per heavy atom. The van der Waals surface area contributed by atoms with Gasteiger partial charge in [-0.05, 0) is 6.07 Å². The zero-order valence-corrected chi connectivity index (χ0v) is 6.14. The Hall–Kier alpha value is -0.840. The maximum atomic E-state index is 5.24. The summed E-state index contributed by atoms with van der Waals surface area (Å²) in [6, 6.07) is 5.58. The summed E-state index contributed by atoms with van der Waals surface area (Å²) in [7, 11) is 0. The normalized spacial score (nSPS) is 9.00. The Labute approximate surface area is 63.0 Å². The number of hydrogen-bond acceptors (Lipinski definition) is 1. The van der Waals surface area contributed by atoms with Crippen LogP contribution in [0.15, 0.2) is 29.4 Å². The first-order chi connectivity index (χ1) is 4.79. The highest BCUT2D eigenvalue weighted by molar-refractivity contribution is 7.78. The Morgan fingerprint density at radius 3 is 2.70 bits per heavy atom. The van der Waals surface area contributed by atoms with E-state index in [-0.39, 0.29) is 0 Å². The average molecular weight is 154 g/mol. The van der Waals surface area contributed by atoms with Gasteiger partial charge in [0.1, 0.15) is 0 Å². The van der Waals surface area contributed by atoms with Crippen molar-refractivity contribution in [1.82, 2.24) is 4.98 Å². The van der Waals surface area contributed by atoms with Crippen molar-refractivity contribution in [2.45, 2.75) is 5.03 Å². The molecule has 1 aromatic heterocycles. The summed E-state index contributed by atoms with van der Waals surface area (Å²) < 4.78 is 0. The lowest BCUT2D eigenvalue weighted by Gasteiger charge is -1.76. The van der Waals surface area contributed by atoms with Gasteiger partial charge < -0.3 is 0 Å². The van der Waals surface area contributed by atoms with Gasteiger partial charge in [0.05, 0.1) is 0 Å². The summed E-state index contributed by atoms with van der Waals surface area (Å²) in [4.78, 5) is 4.00. The molecule has 0 unspecified atom stereocenters. The molecule has 0 saturated heterocycles. The van der Waals surface area contributed by atoms with E-state index in [1.54, 1.807) is 6.20 Å². The van der Waals surface area contributed by atoms with Gasteiger partial charge in [-0.3, -0.25) is 0 Å². The first-order valence-electron chi connectivity index (χ1n) is 2.76. The topological polar surface area (TPSA) is 64.9 Å². The second kappa shape index (κ2) is 3.36. The molecular weight excluding hydrogens is 146 g/mol. The van der Waals surface area contributed by atoms with E-state index in [2.05, 4.69) is 4.98 Å². The van der Waals surface area contributed by atoms with Gasteiger partial charge in [-0.15, -0.1) is 0 Å². The van der Waals surface area contributed by atoms with Gasteiger partial charge in [-0.25, -0.2) is 16.5 Å². The Balaban J connectivity index is 2.87. The van der Waals surface area contributed by atoms with Gasteiger partial charge in [-0.2, -0.15) is 0 Å². The van der Waals surface area contributed by atoms with E-state index in [1.165, 1.54) is 11.4 Å². The van der Waals surface area contributed by atoms with Crippen LogP contribution >= 0.6 is 0 Å². The molecule has 0 aliphatic heterocycles. The molecular formula is C6H8N3S+. The highest BCUT2D eigenvalue weighted by Crippen LogP contribution is 1.90. The molecule has 4 N–H and O–H groups in total. The van der Waals surface area contributed by atoms with Gasteiger partial charge in [0.2, 0.25) is 0 Å². The number of nitrogens with two attached hydrogens (primary N) is 2. The minimum atomic E-state index is 0.318. The maximum absolute atomic E-state index is 5.24. The molecule has 0 aromatic carbocycles. The summed E-state index contributed by atoms with van der Waals surface area (Å²) in [5.74, 6) is 0. The second-order valence-electron chi connectivity index (χ2n) is 1.67. The smallest absolute Gasteiger partial charge is 0.243 e. The maximum Gasteiger partial charge on any atom is 0.326 e. The van der Waals surface area contributed by atoms with Crippen molar-refractivity contribution >= 4 is 16.5 Å². The average Bonchev–Trinajstić information content (AvgIpc) is 1.88. The van der Waals surface area contributed by atoms with Crippen LogP contribution in [-0.2, 0) is 11.4 Å². The Morgan fingerprint density at radius 1 is 1.40 bits per heavy atom. The quantitative estimate of drug-likeness (QED) is 0.424. The molecule has 1 aromatic rings. The zero-order chi connectivity index (χ0) is 7.40. The van der Waals surface area contributed by atoms with E-state index in [4.69, 9.17) is 11.5 Å². The molecule has 1 heterocycles. The fourth-order valence-corrected chi connectivity index (χ4v) is 1.03. The molecule has 0 bridgehead atoms. The van der Waals surface area contributed by atoms with Crippen LogP contribution in [0, 0.1) is 0 Å². The third-order valence-electron chi connectivity index (χ3n) is 0.860. The molecule has 0 fully saturated rings. The van der Waals surface area contributed by atoms with E-state index in [0.29, 0.717) is 5.11 Å². The molecule has 0 amide bonds. The van der Waals surface area contributed by atoms with E-state index in [1.807, 2.05) is 18.2 Å². The van der Waals surface area contributed by atoms with Crippen LogP contribution in [0.2, 0.25) is 0 Å². The molecule has 0 aliphatic carbocycles. The van der Waals surface area contributed by atoms with Crippen molar-refractivity contribution in [2.75, 3.05) is 0 Å². The molecule has 0 atom stereocenters. The van der Waals surface area contributed by atoms with Crippen LogP contribution in [0.4, 0.5) is 0 Å². The van der Waals surface area contributed by atoms with Crippen LogP contribution in [-0.4, -0.2) is 10.1 Å². The Kier molecular flexibility index (Phi) is 2.44. The van der Waals surface area contributed by atoms with Gasteiger partial charge in [0.15, 0.2) is 0 Å². The molecule has 4 heteroatoms. The minimum Gasteiger partial charge on any atom is -0.243 e. The van der Waals surface area contributed by atoms with Gasteiger partial charge >= 0.3 is 10.1 Å². The van der Waals surface area contributed by atoms with Crippen molar-refractivity contribution in [3.63, 3.8) is 0 Å². The zero-order valence-electron chi connectivity index (χ0n) is 5.32. The molecule has 52 valence electrons. The number of rotatable bonds is 1. The predicted octanol–water partition coefficient (Wildman–Crippen LogP) is -0.472. The van der Waals surface area contributed by atoms with Crippen molar-refractivity contribution in [3.05, 3.63) is 24.4 Å². The molecule has 0 saturated carbocycles. The van der Waals surface area contributed by atoms with Gasteiger partial charge in [0.25, 0.3) is 11.4 Å². The summed E-state index contributed by atoms with van der Waals surface area (Å²) >= 11 is 1.26. The van der Waals surface area contributed by atoms with E-state index < -0.39 is 0 Å². The molecule has 10 heavy (non-hydrogen) atoms. The second-order valence-corrected chi connectivity index (χ2v) is 2.77. The van der Waals surface area contributed by atoms with Crippen molar-refractivity contribution < 1.29 is 0 Å². The highest BCUT2D eigenvalue weighted by atomic mass is 32.1. The predicted molar refractivity (Wildman–Crippen MR) is 43.2 cm³/mol. The first-order valence-corrected chi connectivity index (χ1v) is 3.57. The number of pyridine rings is 1. The minimum absolute atomic E-state index is 0.318. The first kappa shape index (κ1) is 7.27. The van der Waals surface area contributed by atoms with E-state index >= 15 is 0 Å². The van der Waals surface area contributed by atoms with Gasteiger partial charge in [-0.1, -0.05) is 6.07 Å². The van der Waals surface area contributed by atoms with Crippen LogP contribution in [0.25, 0.3) is 0 Å². The molecule has 0 aliphatic rings. The fourth-order valence-electron chi connectivity index (χ4n) is 0.528. The summed E-state index contributed by atoms with van der Waals surface area (Å²) in [5, 5.41) is 1.14. The van der Waals surface area contributed by atoms with Crippen molar-refractivity contribution in [3.8, 4) is 0 Å². The summed E-state index contributed by atoms with van der Waals surface area (Å²) in [5.41, 5.74) is 10.5. The third-order valence-corrected chi connectivity index (χ3v) is 1.55. The SMILES string of the molecule is NC(N)=[S+]c1ccccn1. The summed E-state index contributed by atoms with van der Waals surface area (Å²) in [6.07, 6.45) is 1.70. The molecule has 0 radical (unpaired) electrons. The number of nitrogens with zero attached hydrogens (tertiary/aromatic N) is 1. The van der Waals surface area contributed by atoms with Crippen molar-refractivity contribution in [1.29, 1.82) is 0 Å². The van der Waals surface area contributed by atoms with Crippen LogP contribution < -0.4 is 11.5 Å². The third kappa shape index (κ3) is 2.18. The number of hydrogen-bond donors (Lipinski definition) is 2. The van der Waals surface area contributed by atoms with Crippen LogP contribution in [0.1, 0.15) is 0 Å². The monoisotopic (exact) mass is 154 g/mol. The van der Waals surface area contributed by atoms with E-state index in [9.17, 15) is 0 Å². The van der Waals surface area contributed by atoms with Gasteiger partial charge in [0, 0.05) is 12.3 Å². The largest absolute Gasteiger partial charge is 0.326 e. The molecule has 3 nitrogen and oxygen atoms in total. The molecule has 1 rings (SSSR count). The van der Waals surface area contributed by atoms with E-state index in [0.717, 1.165) is 5.03 Å².